The number of hydrogen-bond donors (Lipinski definition) is 0. The van der Waals surface area contributed by atoms with Crippen molar-refractivity contribution in [1.29, 1.82) is 0 Å². The molecule has 0 unspecified atom stereocenters. The number of pyridine rings is 1. The summed E-state index contributed by atoms with van der Waals surface area (Å²) in [6, 6.07) is 70.7. The van der Waals surface area contributed by atoms with E-state index in [-0.39, 0.29) is 10.8 Å². The molecule has 0 amide bonds. The van der Waals surface area contributed by atoms with E-state index >= 15 is 0 Å². The third kappa shape index (κ3) is 8.36. The summed E-state index contributed by atoms with van der Waals surface area (Å²) >= 11 is 0. The molecule has 5 heteroatoms. The highest BCUT2D eigenvalue weighted by atomic mass is 16.3. The van der Waals surface area contributed by atoms with Crippen LogP contribution in [0.15, 0.2) is 205 Å². The Kier molecular flexibility index (Phi) is 11.0. The van der Waals surface area contributed by atoms with Crippen molar-refractivity contribution in [3.8, 4) is 56.3 Å². The zero-order valence-corrected chi connectivity index (χ0v) is 46.6. The first-order valence-electron chi connectivity index (χ1n) is 28.7. The Labute approximate surface area is 464 Å². The summed E-state index contributed by atoms with van der Waals surface area (Å²) < 4.78 is 21.6. The fourth-order valence-electron chi connectivity index (χ4n) is 12.7. The number of rotatable bonds is 7. The predicted molar refractivity (Wildman–Crippen MR) is 332 cm³/mol. The van der Waals surface area contributed by atoms with Gasteiger partial charge in [-0.15, -0.1) is 0 Å². The van der Waals surface area contributed by atoms with E-state index in [1.165, 1.54) is 33.0 Å². The van der Waals surface area contributed by atoms with Crippen LogP contribution in [0.3, 0.4) is 0 Å². The van der Waals surface area contributed by atoms with Crippen molar-refractivity contribution < 1.29 is 5.79 Å². The van der Waals surface area contributed by atoms with E-state index in [0.29, 0.717) is 5.41 Å². The van der Waals surface area contributed by atoms with Gasteiger partial charge in [-0.3, -0.25) is 9.13 Å². The molecule has 13 aromatic rings. The van der Waals surface area contributed by atoms with Crippen molar-refractivity contribution in [3.05, 3.63) is 217 Å². The Balaban J connectivity index is 1.01. The number of fused-ring (bicyclic) bond motifs is 9. The standard InChI is InChI=1S/C74H66N4O/c1-72(2,3)53-37-40-75-68(44-53)77-63-23-14-12-19-55(63)56-32-30-52(42-66(56)77)54-20-16-21-57-59(54)45-60(70-69(57)58-33-29-51(43-67(58)79-70)48-27-25-47(26-28-48)49-35-38-74(7,8)39-36-49)71-76-62-22-13-15-24-65(62)78(71)64-34-31-50(41-61(64)73(4,5)6)46-17-10-9-11-18-46/h9-34,37,40-45,49H,35-36,38-39H2,1-8H3/i49D. The largest absolute Gasteiger partial charge is 0.455 e. The van der Waals surface area contributed by atoms with Gasteiger partial charge in [0.1, 0.15) is 22.8 Å². The monoisotopic (exact) mass is 1030 g/mol. The lowest BCUT2D eigenvalue weighted by Gasteiger charge is -2.34. The minimum atomic E-state index is -0.555. The molecule has 79 heavy (non-hydrogen) atoms. The van der Waals surface area contributed by atoms with Crippen molar-refractivity contribution >= 4 is 65.6 Å². The van der Waals surface area contributed by atoms with Crippen LogP contribution >= 0.6 is 0 Å². The third-order valence-electron chi connectivity index (χ3n) is 17.2. The summed E-state index contributed by atoms with van der Waals surface area (Å²) in [5, 5.41) is 6.69. The molecule has 1 fully saturated rings. The van der Waals surface area contributed by atoms with E-state index in [2.05, 4.69) is 259 Å². The lowest BCUT2D eigenvalue weighted by molar-refractivity contribution is 0.224. The van der Waals surface area contributed by atoms with Crippen molar-refractivity contribution in [2.45, 2.75) is 97.8 Å². The molecule has 0 N–H and O–H groups in total. The molecule has 0 spiro atoms. The highest BCUT2D eigenvalue weighted by Crippen LogP contribution is 2.48. The fourth-order valence-corrected chi connectivity index (χ4v) is 12.7. The number of aromatic nitrogens is 4. The maximum atomic E-state index is 9.51. The predicted octanol–water partition coefficient (Wildman–Crippen LogP) is 20.5. The second-order valence-corrected chi connectivity index (χ2v) is 25.0. The molecular formula is C74H66N4O. The van der Waals surface area contributed by atoms with Crippen molar-refractivity contribution in [3.63, 3.8) is 0 Å². The highest BCUT2D eigenvalue weighted by molar-refractivity contribution is 6.25. The van der Waals surface area contributed by atoms with Gasteiger partial charge in [-0.25, -0.2) is 9.97 Å². The second-order valence-electron chi connectivity index (χ2n) is 25.0. The summed E-state index contributed by atoms with van der Waals surface area (Å²) in [7, 11) is 0. The molecule has 4 aromatic heterocycles. The number of para-hydroxylation sites is 3. The van der Waals surface area contributed by atoms with Crippen molar-refractivity contribution in [2.24, 2.45) is 5.41 Å². The first-order chi connectivity index (χ1) is 38.5. The van der Waals surface area contributed by atoms with Crippen LogP contribution in [0.2, 0.25) is 0 Å². The van der Waals surface area contributed by atoms with Crippen LogP contribution < -0.4 is 0 Å². The highest BCUT2D eigenvalue weighted by Gasteiger charge is 2.30. The normalized spacial score (nSPS) is 15.0. The maximum Gasteiger partial charge on any atom is 0.149 e. The van der Waals surface area contributed by atoms with Crippen LogP contribution in [0.5, 0.6) is 0 Å². The van der Waals surface area contributed by atoms with Gasteiger partial charge in [-0.05, 0) is 175 Å². The minimum absolute atomic E-state index is 0.0446. The fraction of sp³-hybridized carbons (Fsp3) is 0.216. The number of benzene rings is 9. The van der Waals surface area contributed by atoms with Crippen LogP contribution in [0.4, 0.5) is 0 Å². The van der Waals surface area contributed by atoms with Gasteiger partial charge < -0.3 is 4.42 Å². The first-order valence-corrected chi connectivity index (χ1v) is 28.2. The van der Waals surface area contributed by atoms with Gasteiger partial charge in [0, 0.05) is 29.1 Å². The smallest absolute Gasteiger partial charge is 0.149 e. The van der Waals surface area contributed by atoms with Gasteiger partial charge in [0.15, 0.2) is 0 Å². The molecule has 0 bridgehead atoms. The molecule has 1 aliphatic carbocycles. The Bertz CT molecular complexity index is 4590. The molecule has 0 atom stereocenters. The average Bonchev–Trinajstić information content (AvgIpc) is 4.17. The van der Waals surface area contributed by atoms with E-state index < -0.39 is 5.89 Å². The minimum Gasteiger partial charge on any atom is -0.455 e. The van der Waals surface area contributed by atoms with Crippen LogP contribution in [-0.2, 0) is 10.8 Å². The van der Waals surface area contributed by atoms with E-state index in [0.717, 1.165) is 131 Å². The molecule has 1 aliphatic rings. The molecule has 14 rings (SSSR count). The van der Waals surface area contributed by atoms with Crippen LogP contribution in [0, 0.1) is 5.41 Å². The van der Waals surface area contributed by atoms with Crippen molar-refractivity contribution in [2.75, 3.05) is 0 Å². The summed E-state index contributed by atoms with van der Waals surface area (Å²) in [5.74, 6) is 1.17. The molecule has 9 aromatic carbocycles. The van der Waals surface area contributed by atoms with E-state index in [1.807, 2.05) is 6.20 Å². The molecule has 5 nitrogen and oxygen atoms in total. The maximum absolute atomic E-state index is 9.51. The van der Waals surface area contributed by atoms with E-state index in [9.17, 15) is 1.37 Å². The second kappa shape index (κ2) is 18.3. The molecular weight excluding hydrogens is 961 g/mol. The van der Waals surface area contributed by atoms with E-state index in [1.54, 1.807) is 0 Å². The van der Waals surface area contributed by atoms with Gasteiger partial charge in [-0.2, -0.15) is 0 Å². The third-order valence-corrected chi connectivity index (χ3v) is 17.2. The molecule has 4 heterocycles. The van der Waals surface area contributed by atoms with Crippen LogP contribution in [0.1, 0.15) is 105 Å². The lowest BCUT2D eigenvalue weighted by atomic mass is 9.71. The van der Waals surface area contributed by atoms with Crippen LogP contribution in [-0.4, -0.2) is 19.1 Å². The zero-order chi connectivity index (χ0) is 54.9. The number of nitrogens with zero attached hydrogens (tertiary/aromatic N) is 4. The SMILES string of the molecule is [2H]C1(c2ccc(-c3ccc4c(c3)oc3c(-c5nc6ccccc6n5-c5ccc(-c6ccccc6)cc5C(C)(C)C)cc5c(-c6ccc7c8ccccc8n(-c8cc(C(C)(C)C)ccn8)c7c6)cccc5c34)cc2)CCC(C)(C)CC1. The van der Waals surface area contributed by atoms with Gasteiger partial charge in [0.25, 0.3) is 0 Å². The topological polar surface area (TPSA) is 48.8 Å². The van der Waals surface area contributed by atoms with Gasteiger partial charge in [0.05, 0.1) is 33.3 Å². The van der Waals surface area contributed by atoms with Gasteiger partial charge in [0.2, 0.25) is 0 Å². The van der Waals surface area contributed by atoms with Crippen molar-refractivity contribution in [1.82, 2.24) is 19.1 Å². The summed E-state index contributed by atoms with van der Waals surface area (Å²) in [5.41, 5.74) is 18.1. The molecule has 1 saturated carbocycles. The van der Waals surface area contributed by atoms with Crippen LogP contribution in [0.25, 0.3) is 122 Å². The number of imidazole rings is 1. The number of furan rings is 1. The molecule has 388 valence electrons. The Morgan fingerprint density at radius 3 is 1.96 bits per heavy atom. The first kappa shape index (κ1) is 47.7. The molecule has 0 radical (unpaired) electrons. The molecule has 0 aliphatic heterocycles. The lowest BCUT2D eigenvalue weighted by Crippen LogP contribution is -2.20. The van der Waals surface area contributed by atoms with E-state index in [4.69, 9.17) is 14.4 Å². The number of hydrogen-bond acceptors (Lipinski definition) is 3. The average molecular weight is 1030 g/mol. The quantitative estimate of drug-likeness (QED) is 0.160. The summed E-state index contributed by atoms with van der Waals surface area (Å²) in [6.45, 7) is 18.4. The molecule has 0 saturated heterocycles. The van der Waals surface area contributed by atoms with Gasteiger partial charge >= 0.3 is 0 Å². The Morgan fingerprint density at radius 1 is 0.519 bits per heavy atom. The van der Waals surface area contributed by atoms with Gasteiger partial charge in [-0.1, -0.05) is 183 Å². The Hall–Kier alpha value is -8.54. The summed E-state index contributed by atoms with van der Waals surface area (Å²) in [6.07, 6.45) is 5.86. The Morgan fingerprint density at radius 2 is 1.18 bits per heavy atom. The summed E-state index contributed by atoms with van der Waals surface area (Å²) in [4.78, 5) is 10.7. The zero-order valence-electron chi connectivity index (χ0n) is 47.6.